The lowest BCUT2D eigenvalue weighted by Crippen LogP contribution is -2.17. The standard InChI is InChI=1S/C20H18N4O/c1-12-4-6-16(13(2)22-12)18-8-9-21-19(23-18)14-5-7-17-15(10-14)11-24(3)20(17)25/h4-10H,11H2,1-3H3. The second-order valence-electron chi connectivity index (χ2n) is 6.38. The van der Waals surface area contributed by atoms with Crippen LogP contribution < -0.4 is 0 Å². The summed E-state index contributed by atoms with van der Waals surface area (Å²) in [5.41, 5.74) is 6.50. The van der Waals surface area contributed by atoms with Crippen LogP contribution in [0.25, 0.3) is 22.6 Å². The van der Waals surface area contributed by atoms with E-state index < -0.39 is 0 Å². The summed E-state index contributed by atoms with van der Waals surface area (Å²) in [4.78, 5) is 27.4. The molecule has 0 aliphatic carbocycles. The second kappa shape index (κ2) is 5.77. The lowest BCUT2D eigenvalue weighted by Gasteiger charge is -2.08. The van der Waals surface area contributed by atoms with E-state index in [4.69, 9.17) is 4.98 Å². The summed E-state index contributed by atoms with van der Waals surface area (Å²) >= 11 is 0. The maximum absolute atomic E-state index is 12.0. The molecule has 0 bridgehead atoms. The molecule has 1 amide bonds. The molecule has 1 aliphatic heterocycles. The van der Waals surface area contributed by atoms with Crippen LogP contribution in [-0.2, 0) is 6.54 Å². The summed E-state index contributed by atoms with van der Waals surface area (Å²) in [6, 6.07) is 11.7. The molecular weight excluding hydrogens is 312 g/mol. The van der Waals surface area contributed by atoms with Gasteiger partial charge in [0.25, 0.3) is 5.91 Å². The van der Waals surface area contributed by atoms with Gasteiger partial charge in [-0.3, -0.25) is 9.78 Å². The fraction of sp³-hybridized carbons (Fsp3) is 0.200. The first-order valence-electron chi connectivity index (χ1n) is 8.19. The molecule has 0 spiro atoms. The lowest BCUT2D eigenvalue weighted by molar-refractivity contribution is 0.0816. The third-order valence-corrected chi connectivity index (χ3v) is 4.50. The first-order chi connectivity index (χ1) is 12.0. The molecule has 3 heterocycles. The average molecular weight is 330 g/mol. The van der Waals surface area contributed by atoms with Gasteiger partial charge in [-0.2, -0.15) is 0 Å². The fourth-order valence-corrected chi connectivity index (χ4v) is 3.21. The van der Waals surface area contributed by atoms with E-state index in [1.165, 1.54) is 0 Å². The van der Waals surface area contributed by atoms with Gasteiger partial charge in [0.05, 0.1) is 5.69 Å². The Kier molecular flexibility index (Phi) is 3.57. The fourth-order valence-electron chi connectivity index (χ4n) is 3.21. The molecule has 0 fully saturated rings. The van der Waals surface area contributed by atoms with Crippen LogP contribution >= 0.6 is 0 Å². The highest BCUT2D eigenvalue weighted by molar-refractivity contribution is 5.98. The minimum Gasteiger partial charge on any atom is -0.337 e. The van der Waals surface area contributed by atoms with E-state index >= 15 is 0 Å². The van der Waals surface area contributed by atoms with Crippen molar-refractivity contribution in [2.75, 3.05) is 7.05 Å². The van der Waals surface area contributed by atoms with Gasteiger partial charge in [0.2, 0.25) is 0 Å². The summed E-state index contributed by atoms with van der Waals surface area (Å²) < 4.78 is 0. The van der Waals surface area contributed by atoms with Crippen molar-refractivity contribution in [1.82, 2.24) is 19.9 Å². The summed E-state index contributed by atoms with van der Waals surface area (Å²) in [5, 5.41) is 0. The van der Waals surface area contributed by atoms with E-state index in [2.05, 4.69) is 9.97 Å². The number of benzene rings is 1. The number of pyridine rings is 1. The number of aromatic nitrogens is 3. The van der Waals surface area contributed by atoms with Crippen molar-refractivity contribution in [2.24, 2.45) is 0 Å². The number of nitrogens with zero attached hydrogens (tertiary/aromatic N) is 4. The van der Waals surface area contributed by atoms with Gasteiger partial charge in [0.15, 0.2) is 5.82 Å². The van der Waals surface area contributed by atoms with Gasteiger partial charge < -0.3 is 4.90 Å². The monoisotopic (exact) mass is 330 g/mol. The molecule has 0 unspecified atom stereocenters. The Morgan fingerprint density at radius 3 is 2.60 bits per heavy atom. The molecule has 0 atom stereocenters. The Bertz CT molecular complexity index is 997. The average Bonchev–Trinajstić information content (AvgIpc) is 2.89. The maximum Gasteiger partial charge on any atom is 0.254 e. The molecule has 1 aliphatic rings. The number of rotatable bonds is 2. The summed E-state index contributed by atoms with van der Waals surface area (Å²) in [5.74, 6) is 0.722. The SMILES string of the molecule is Cc1ccc(-c2ccnc(-c3ccc4c(c3)CN(C)C4=O)n2)c(C)n1. The number of amides is 1. The molecule has 0 saturated heterocycles. The topological polar surface area (TPSA) is 59.0 Å². The molecule has 3 aromatic rings. The normalized spacial score (nSPS) is 13.2. The van der Waals surface area contributed by atoms with Gasteiger partial charge in [-0.05, 0) is 49.7 Å². The van der Waals surface area contributed by atoms with Crippen LogP contribution in [-0.4, -0.2) is 32.8 Å². The molecular formula is C20H18N4O. The minimum absolute atomic E-state index is 0.0672. The zero-order chi connectivity index (χ0) is 17.6. The van der Waals surface area contributed by atoms with Gasteiger partial charge in [-0.15, -0.1) is 0 Å². The van der Waals surface area contributed by atoms with Crippen LogP contribution in [0.2, 0.25) is 0 Å². The molecule has 4 rings (SSSR count). The quantitative estimate of drug-likeness (QED) is 0.722. The number of hydrogen-bond acceptors (Lipinski definition) is 4. The van der Waals surface area contributed by atoms with Crippen molar-refractivity contribution < 1.29 is 4.79 Å². The smallest absolute Gasteiger partial charge is 0.254 e. The van der Waals surface area contributed by atoms with Crippen molar-refractivity contribution in [2.45, 2.75) is 20.4 Å². The van der Waals surface area contributed by atoms with Crippen LogP contribution in [0.1, 0.15) is 27.3 Å². The number of fused-ring (bicyclic) bond motifs is 1. The van der Waals surface area contributed by atoms with E-state index in [0.29, 0.717) is 12.4 Å². The summed E-state index contributed by atoms with van der Waals surface area (Å²) in [6.07, 6.45) is 1.77. The Hall–Kier alpha value is -3.08. The minimum atomic E-state index is 0.0672. The molecule has 0 N–H and O–H groups in total. The van der Waals surface area contributed by atoms with Crippen molar-refractivity contribution in [1.29, 1.82) is 0 Å². The molecule has 2 aromatic heterocycles. The third-order valence-electron chi connectivity index (χ3n) is 4.50. The van der Waals surface area contributed by atoms with Gasteiger partial charge >= 0.3 is 0 Å². The van der Waals surface area contributed by atoms with Gasteiger partial charge in [0, 0.05) is 47.9 Å². The molecule has 1 aromatic carbocycles. The lowest BCUT2D eigenvalue weighted by atomic mass is 10.1. The highest BCUT2D eigenvalue weighted by Gasteiger charge is 2.24. The van der Waals surface area contributed by atoms with Crippen molar-refractivity contribution in [3.05, 3.63) is 65.1 Å². The van der Waals surface area contributed by atoms with Crippen molar-refractivity contribution >= 4 is 5.91 Å². The molecule has 124 valence electrons. The van der Waals surface area contributed by atoms with Gasteiger partial charge in [0.1, 0.15) is 0 Å². The van der Waals surface area contributed by atoms with E-state index in [1.54, 1.807) is 11.1 Å². The first-order valence-corrected chi connectivity index (χ1v) is 8.19. The Labute approximate surface area is 146 Å². The predicted molar refractivity (Wildman–Crippen MR) is 96.0 cm³/mol. The van der Waals surface area contributed by atoms with E-state index in [-0.39, 0.29) is 5.91 Å². The van der Waals surface area contributed by atoms with Crippen LogP contribution in [0, 0.1) is 13.8 Å². The molecule has 5 nitrogen and oxygen atoms in total. The van der Waals surface area contributed by atoms with E-state index in [0.717, 1.165) is 39.3 Å². The molecule has 5 heteroatoms. The van der Waals surface area contributed by atoms with Crippen molar-refractivity contribution in [3.8, 4) is 22.6 Å². The Morgan fingerprint density at radius 2 is 1.80 bits per heavy atom. The Morgan fingerprint density at radius 1 is 1.00 bits per heavy atom. The molecule has 0 radical (unpaired) electrons. The van der Waals surface area contributed by atoms with E-state index in [9.17, 15) is 4.79 Å². The summed E-state index contributed by atoms with van der Waals surface area (Å²) in [7, 11) is 1.81. The van der Waals surface area contributed by atoms with Crippen molar-refractivity contribution in [3.63, 3.8) is 0 Å². The maximum atomic E-state index is 12.0. The van der Waals surface area contributed by atoms with E-state index in [1.807, 2.05) is 57.3 Å². The van der Waals surface area contributed by atoms with Gasteiger partial charge in [-0.1, -0.05) is 6.07 Å². The zero-order valence-electron chi connectivity index (χ0n) is 14.4. The molecule has 0 saturated carbocycles. The zero-order valence-corrected chi connectivity index (χ0v) is 14.4. The largest absolute Gasteiger partial charge is 0.337 e. The van der Waals surface area contributed by atoms with Crippen LogP contribution in [0.3, 0.4) is 0 Å². The Balaban J connectivity index is 1.76. The highest BCUT2D eigenvalue weighted by Crippen LogP contribution is 2.28. The summed E-state index contributed by atoms with van der Waals surface area (Å²) in [6.45, 7) is 4.59. The van der Waals surface area contributed by atoms with Gasteiger partial charge in [-0.25, -0.2) is 9.97 Å². The third kappa shape index (κ3) is 2.67. The van der Waals surface area contributed by atoms with Crippen LogP contribution in [0.5, 0.6) is 0 Å². The first kappa shape index (κ1) is 15.4. The number of carbonyl (C=O) groups excluding carboxylic acids is 1. The van der Waals surface area contributed by atoms with Crippen LogP contribution in [0.15, 0.2) is 42.6 Å². The number of aryl methyl sites for hydroxylation is 2. The highest BCUT2D eigenvalue weighted by atomic mass is 16.2. The predicted octanol–water partition coefficient (Wildman–Crippen LogP) is 3.41. The second-order valence-corrected chi connectivity index (χ2v) is 6.38. The number of hydrogen-bond donors (Lipinski definition) is 0. The van der Waals surface area contributed by atoms with Crippen LogP contribution in [0.4, 0.5) is 0 Å². The molecule has 25 heavy (non-hydrogen) atoms. The number of carbonyl (C=O) groups is 1.